The third-order valence-corrected chi connectivity index (χ3v) is 7.47. The molecule has 1 aromatic heterocycles. The summed E-state index contributed by atoms with van der Waals surface area (Å²) in [6.07, 6.45) is 6.97. The van der Waals surface area contributed by atoms with Crippen molar-refractivity contribution < 1.29 is 13.9 Å². The van der Waals surface area contributed by atoms with Crippen LogP contribution in [0.2, 0.25) is 0 Å². The van der Waals surface area contributed by atoms with Gasteiger partial charge in [-0.3, -0.25) is 9.78 Å². The van der Waals surface area contributed by atoms with Crippen molar-refractivity contribution in [2.45, 2.75) is 43.9 Å². The van der Waals surface area contributed by atoms with Crippen LogP contribution in [0.1, 0.15) is 43.2 Å². The lowest BCUT2D eigenvalue weighted by atomic mass is 9.72. The number of carbonyl (C=O) groups excluding carboxylic acids is 1. The van der Waals surface area contributed by atoms with Gasteiger partial charge in [0.1, 0.15) is 5.82 Å². The summed E-state index contributed by atoms with van der Waals surface area (Å²) in [4.78, 5) is 20.3. The minimum Gasteiger partial charge on any atom is -0.381 e. The average Bonchev–Trinajstić information content (AvgIpc) is 3.10. The van der Waals surface area contributed by atoms with E-state index >= 15 is 0 Å². The fraction of sp³-hybridized carbons (Fsp3) is 0.429. The van der Waals surface area contributed by atoms with E-state index in [0.29, 0.717) is 37.5 Å². The van der Waals surface area contributed by atoms with Crippen molar-refractivity contribution in [1.29, 1.82) is 0 Å². The molecule has 0 saturated carbocycles. The van der Waals surface area contributed by atoms with Gasteiger partial charge >= 0.3 is 0 Å². The Bertz CT molecular complexity index is 1130. The number of benzene rings is 2. The summed E-state index contributed by atoms with van der Waals surface area (Å²) in [5.74, 6) is 0.329. The van der Waals surface area contributed by atoms with Crippen LogP contribution in [0, 0.1) is 11.7 Å². The van der Waals surface area contributed by atoms with Crippen LogP contribution in [0.25, 0.3) is 10.9 Å². The number of rotatable bonds is 4. The molecular weight excluding hydrogens is 415 g/mol. The second-order valence-corrected chi connectivity index (χ2v) is 9.50. The third-order valence-electron chi connectivity index (χ3n) is 7.47. The SMILES string of the molecule is O=C(N1CCC[C@H](Cc2ccc3ncccc3c2)CC1)C1(c2ccccc2F)CCOCC1. The highest BCUT2D eigenvalue weighted by molar-refractivity contribution is 5.88. The molecule has 0 unspecified atom stereocenters. The van der Waals surface area contributed by atoms with E-state index in [0.717, 1.165) is 44.3 Å². The van der Waals surface area contributed by atoms with Gasteiger partial charge in [0.2, 0.25) is 5.91 Å². The zero-order valence-electron chi connectivity index (χ0n) is 19.0. The minimum absolute atomic E-state index is 0.0772. The van der Waals surface area contributed by atoms with Crippen molar-refractivity contribution in [1.82, 2.24) is 9.88 Å². The van der Waals surface area contributed by atoms with Gasteiger partial charge in [-0.05, 0) is 74.3 Å². The molecule has 2 aliphatic rings. The molecule has 1 atom stereocenters. The molecule has 0 spiro atoms. The summed E-state index contributed by atoms with van der Waals surface area (Å²) in [7, 11) is 0. The molecular formula is C28H31FN2O2. The topological polar surface area (TPSA) is 42.4 Å². The molecule has 0 aliphatic carbocycles. The smallest absolute Gasteiger partial charge is 0.233 e. The Morgan fingerprint density at radius 2 is 1.91 bits per heavy atom. The Balaban J connectivity index is 1.31. The molecule has 2 fully saturated rings. The first-order chi connectivity index (χ1) is 16.2. The summed E-state index contributed by atoms with van der Waals surface area (Å²) in [5.41, 5.74) is 2.07. The van der Waals surface area contributed by atoms with E-state index in [-0.39, 0.29) is 11.7 Å². The Kier molecular flexibility index (Phi) is 6.41. The maximum atomic E-state index is 14.8. The van der Waals surface area contributed by atoms with Gasteiger partial charge < -0.3 is 9.64 Å². The normalized spacial score (nSPS) is 21.0. The predicted molar refractivity (Wildman–Crippen MR) is 127 cm³/mol. The monoisotopic (exact) mass is 446 g/mol. The first kappa shape index (κ1) is 22.0. The lowest BCUT2D eigenvalue weighted by Gasteiger charge is -2.40. The lowest BCUT2D eigenvalue weighted by molar-refractivity contribution is -0.141. The van der Waals surface area contributed by atoms with Crippen molar-refractivity contribution in [3.63, 3.8) is 0 Å². The van der Waals surface area contributed by atoms with Crippen LogP contribution in [-0.2, 0) is 21.4 Å². The summed E-state index contributed by atoms with van der Waals surface area (Å²) in [6.45, 7) is 2.46. The van der Waals surface area contributed by atoms with E-state index in [2.05, 4.69) is 29.2 Å². The molecule has 33 heavy (non-hydrogen) atoms. The zero-order valence-corrected chi connectivity index (χ0v) is 19.0. The zero-order chi connectivity index (χ0) is 22.7. The highest BCUT2D eigenvalue weighted by atomic mass is 19.1. The number of carbonyl (C=O) groups is 1. The van der Waals surface area contributed by atoms with E-state index in [9.17, 15) is 9.18 Å². The average molecular weight is 447 g/mol. The van der Waals surface area contributed by atoms with Gasteiger partial charge in [-0.1, -0.05) is 30.3 Å². The van der Waals surface area contributed by atoms with E-state index < -0.39 is 5.41 Å². The van der Waals surface area contributed by atoms with Crippen LogP contribution in [0.3, 0.4) is 0 Å². The minimum atomic E-state index is -0.811. The molecule has 2 aromatic carbocycles. The molecule has 3 aromatic rings. The van der Waals surface area contributed by atoms with Crippen molar-refractivity contribution in [3.05, 3.63) is 77.7 Å². The van der Waals surface area contributed by atoms with Crippen LogP contribution in [0.15, 0.2) is 60.8 Å². The first-order valence-corrected chi connectivity index (χ1v) is 12.1. The number of hydrogen-bond acceptors (Lipinski definition) is 3. The summed E-state index contributed by atoms with van der Waals surface area (Å²) >= 11 is 0. The van der Waals surface area contributed by atoms with Gasteiger partial charge in [0.05, 0.1) is 10.9 Å². The number of hydrogen-bond donors (Lipinski definition) is 0. The number of ether oxygens (including phenoxy) is 1. The number of halogens is 1. The van der Waals surface area contributed by atoms with E-state index in [4.69, 9.17) is 4.74 Å². The van der Waals surface area contributed by atoms with Crippen molar-refractivity contribution >= 4 is 16.8 Å². The molecule has 0 radical (unpaired) electrons. The molecule has 3 heterocycles. The maximum absolute atomic E-state index is 14.8. The number of fused-ring (bicyclic) bond motifs is 1. The molecule has 0 bridgehead atoms. The molecule has 5 rings (SSSR count). The van der Waals surface area contributed by atoms with Gasteiger partial charge in [-0.15, -0.1) is 0 Å². The third kappa shape index (κ3) is 4.51. The van der Waals surface area contributed by atoms with Gasteiger partial charge in [0.15, 0.2) is 0 Å². The molecule has 5 heteroatoms. The Morgan fingerprint density at radius 1 is 1.06 bits per heavy atom. The fourth-order valence-electron chi connectivity index (χ4n) is 5.63. The molecule has 172 valence electrons. The Labute approximate surface area is 194 Å². The standard InChI is InChI=1S/C28H31FN2O2/c29-25-8-2-1-7-24(25)28(12-17-33-18-13-28)27(32)31-15-4-5-21(11-16-31)19-22-9-10-26-23(20-22)6-3-14-30-26/h1-3,6-10,14,20-21H,4-5,11-13,15-19H2/t21-/m0/s1. The second kappa shape index (κ2) is 9.60. The summed E-state index contributed by atoms with van der Waals surface area (Å²) in [5, 5.41) is 1.17. The van der Waals surface area contributed by atoms with E-state index in [1.807, 2.05) is 23.2 Å². The van der Waals surface area contributed by atoms with Gasteiger partial charge in [0.25, 0.3) is 0 Å². The number of likely N-dealkylation sites (tertiary alicyclic amines) is 1. The predicted octanol–water partition coefficient (Wildman–Crippen LogP) is 5.29. The van der Waals surface area contributed by atoms with Crippen LogP contribution >= 0.6 is 0 Å². The van der Waals surface area contributed by atoms with Crippen molar-refractivity contribution in [3.8, 4) is 0 Å². The fourth-order valence-corrected chi connectivity index (χ4v) is 5.63. The largest absolute Gasteiger partial charge is 0.381 e. The number of nitrogens with zero attached hydrogens (tertiary/aromatic N) is 2. The van der Waals surface area contributed by atoms with Gasteiger partial charge in [-0.25, -0.2) is 4.39 Å². The summed E-state index contributed by atoms with van der Waals surface area (Å²) < 4.78 is 20.4. The van der Waals surface area contributed by atoms with Crippen LogP contribution < -0.4 is 0 Å². The van der Waals surface area contributed by atoms with Crippen LogP contribution in [-0.4, -0.2) is 42.1 Å². The quantitative estimate of drug-likeness (QED) is 0.547. The van der Waals surface area contributed by atoms with Gasteiger partial charge in [0, 0.05) is 43.4 Å². The lowest BCUT2D eigenvalue weighted by Crippen LogP contribution is -2.50. The van der Waals surface area contributed by atoms with Crippen molar-refractivity contribution in [2.24, 2.45) is 5.92 Å². The van der Waals surface area contributed by atoms with Gasteiger partial charge in [-0.2, -0.15) is 0 Å². The highest BCUT2D eigenvalue weighted by Gasteiger charge is 2.45. The number of amides is 1. The Hall–Kier alpha value is -2.79. The molecule has 1 amide bonds. The summed E-state index contributed by atoms with van der Waals surface area (Å²) in [6, 6.07) is 17.4. The van der Waals surface area contributed by atoms with E-state index in [1.54, 1.807) is 12.1 Å². The molecule has 2 aliphatic heterocycles. The maximum Gasteiger partial charge on any atom is 0.233 e. The Morgan fingerprint density at radius 3 is 2.76 bits per heavy atom. The number of aromatic nitrogens is 1. The second-order valence-electron chi connectivity index (χ2n) is 9.50. The first-order valence-electron chi connectivity index (χ1n) is 12.1. The van der Waals surface area contributed by atoms with Crippen molar-refractivity contribution in [2.75, 3.05) is 26.3 Å². The molecule has 0 N–H and O–H groups in total. The van der Waals surface area contributed by atoms with Crippen LogP contribution in [0.5, 0.6) is 0 Å². The molecule has 2 saturated heterocycles. The van der Waals surface area contributed by atoms with E-state index in [1.165, 1.54) is 17.0 Å². The number of pyridine rings is 1. The molecule has 4 nitrogen and oxygen atoms in total. The highest BCUT2D eigenvalue weighted by Crippen LogP contribution is 2.39. The van der Waals surface area contributed by atoms with Crippen LogP contribution in [0.4, 0.5) is 4.39 Å².